The second kappa shape index (κ2) is 11.7. The minimum Gasteiger partial charge on any atom is -0.466 e. The van der Waals surface area contributed by atoms with E-state index in [1.807, 2.05) is 6.92 Å². The minimum atomic E-state index is -1.82. The molecule has 1 saturated carbocycles. The Bertz CT molecular complexity index is 702. The van der Waals surface area contributed by atoms with Gasteiger partial charge in [0.05, 0.1) is 12.7 Å². The van der Waals surface area contributed by atoms with Gasteiger partial charge in [0, 0.05) is 25.6 Å². The van der Waals surface area contributed by atoms with Crippen LogP contribution in [0.4, 0.5) is 0 Å². The first-order chi connectivity index (χ1) is 15.6. The molecule has 0 N–H and O–H groups in total. The molecule has 6 heteroatoms. The molecule has 0 aromatic rings. The summed E-state index contributed by atoms with van der Waals surface area (Å²) < 4.78 is 24.2. The van der Waals surface area contributed by atoms with Gasteiger partial charge in [-0.2, -0.15) is 0 Å². The lowest BCUT2D eigenvalue weighted by Gasteiger charge is -2.38. The molecule has 0 radical (unpaired) electrons. The van der Waals surface area contributed by atoms with E-state index >= 15 is 0 Å². The molecule has 5 nitrogen and oxygen atoms in total. The van der Waals surface area contributed by atoms with Crippen molar-refractivity contribution in [3.63, 3.8) is 0 Å². The fraction of sp³-hybridized carbons (Fsp3) is 0.815. The third kappa shape index (κ3) is 7.27. The first-order valence-corrected chi connectivity index (χ1v) is 16.0. The highest BCUT2D eigenvalue weighted by Gasteiger charge is 2.48. The predicted octanol–water partition coefficient (Wildman–Crippen LogP) is 6.40. The Labute approximate surface area is 202 Å². The molecule has 0 spiro atoms. The molecule has 1 aliphatic heterocycles. The summed E-state index contributed by atoms with van der Waals surface area (Å²) in [6.45, 7) is 15.5. The topological polar surface area (TPSA) is 54.0 Å². The zero-order valence-electron chi connectivity index (χ0n) is 21.7. The normalized spacial score (nSPS) is 30.5. The fourth-order valence-corrected chi connectivity index (χ4v) is 6.08. The third-order valence-corrected chi connectivity index (χ3v) is 12.5. The van der Waals surface area contributed by atoms with Gasteiger partial charge in [-0.3, -0.25) is 4.79 Å². The average Bonchev–Trinajstić information content (AvgIpc) is 3.27. The van der Waals surface area contributed by atoms with Crippen molar-refractivity contribution in [2.24, 2.45) is 17.8 Å². The number of fused-ring (bicyclic) bond motifs is 1. The average molecular weight is 479 g/mol. The molecule has 1 heterocycles. The van der Waals surface area contributed by atoms with Gasteiger partial charge < -0.3 is 18.6 Å². The van der Waals surface area contributed by atoms with Crippen LogP contribution in [-0.4, -0.2) is 46.5 Å². The van der Waals surface area contributed by atoms with Crippen molar-refractivity contribution in [2.75, 3.05) is 19.8 Å². The van der Waals surface area contributed by atoms with Crippen LogP contribution in [-0.2, 0) is 23.4 Å². The molecule has 0 amide bonds. The summed E-state index contributed by atoms with van der Waals surface area (Å²) in [6, 6.07) is 0. The van der Waals surface area contributed by atoms with Gasteiger partial charge in [-0.25, -0.2) is 0 Å². The molecule has 5 unspecified atom stereocenters. The van der Waals surface area contributed by atoms with E-state index in [2.05, 4.69) is 52.1 Å². The van der Waals surface area contributed by atoms with Gasteiger partial charge in [-0.15, -0.1) is 0 Å². The van der Waals surface area contributed by atoms with Gasteiger partial charge in [0.15, 0.2) is 14.6 Å². The first kappa shape index (κ1) is 26.6. The highest BCUT2D eigenvalue weighted by molar-refractivity contribution is 6.74. The van der Waals surface area contributed by atoms with Crippen molar-refractivity contribution < 1.29 is 23.4 Å². The summed E-state index contributed by atoms with van der Waals surface area (Å²) in [5.74, 6) is 1.38. The van der Waals surface area contributed by atoms with Crippen LogP contribution in [0, 0.1) is 17.8 Å². The minimum absolute atomic E-state index is 0.0517. The van der Waals surface area contributed by atoms with Gasteiger partial charge in [0.25, 0.3) is 0 Å². The number of hydrogen-bond acceptors (Lipinski definition) is 5. The maximum absolute atomic E-state index is 11.6. The van der Waals surface area contributed by atoms with Gasteiger partial charge in [-0.05, 0) is 75.4 Å². The summed E-state index contributed by atoms with van der Waals surface area (Å²) in [7, 11) is -1.82. The van der Waals surface area contributed by atoms with E-state index in [0.29, 0.717) is 30.8 Å². The van der Waals surface area contributed by atoms with E-state index in [9.17, 15) is 4.79 Å². The second-order valence-electron chi connectivity index (χ2n) is 11.5. The van der Waals surface area contributed by atoms with E-state index in [4.69, 9.17) is 18.6 Å². The van der Waals surface area contributed by atoms with Crippen molar-refractivity contribution in [1.29, 1.82) is 0 Å². The smallest absolute Gasteiger partial charge is 0.306 e. The van der Waals surface area contributed by atoms with E-state index in [-0.39, 0.29) is 23.4 Å². The third-order valence-electron chi connectivity index (χ3n) is 8.04. The fourth-order valence-electron chi connectivity index (χ4n) is 5.04. The number of allylic oxidation sites excluding steroid dienone is 4. The Morgan fingerprint density at radius 2 is 2.06 bits per heavy atom. The molecule has 3 rings (SSSR count). The van der Waals surface area contributed by atoms with E-state index in [1.165, 1.54) is 12.0 Å². The molecular formula is C27H46O5Si. The number of ether oxygens (including phenoxy) is 3. The van der Waals surface area contributed by atoms with Gasteiger partial charge >= 0.3 is 5.97 Å². The predicted molar refractivity (Wildman–Crippen MR) is 134 cm³/mol. The van der Waals surface area contributed by atoms with Crippen LogP contribution < -0.4 is 0 Å². The first-order valence-electron chi connectivity index (χ1n) is 13.0. The summed E-state index contributed by atoms with van der Waals surface area (Å²) >= 11 is 0. The van der Waals surface area contributed by atoms with Gasteiger partial charge in [-0.1, -0.05) is 44.6 Å². The zero-order chi connectivity index (χ0) is 24.1. The molecule has 2 aliphatic carbocycles. The summed E-state index contributed by atoms with van der Waals surface area (Å²) in [5.41, 5.74) is 1.39. The number of hydrogen-bond donors (Lipinski definition) is 0. The van der Waals surface area contributed by atoms with Crippen molar-refractivity contribution in [2.45, 2.75) is 103 Å². The quantitative estimate of drug-likeness (QED) is 0.268. The standard InChI is InChI=1S/C27H46O5Si/c1-7-29-25(28)13-9-8-12-20-16-21-18-24(32-26-14-10-11-15-30-26)23(22(21)17-20)19-31-33(5,6)27(2,3)4/h8,12,16,21-24,26H,7,9-11,13-15,17-19H2,1-6H3. The lowest BCUT2D eigenvalue weighted by molar-refractivity contribution is -0.197. The van der Waals surface area contributed by atoms with Crippen LogP contribution >= 0.6 is 0 Å². The highest BCUT2D eigenvalue weighted by Crippen LogP contribution is 2.49. The molecule has 33 heavy (non-hydrogen) atoms. The maximum atomic E-state index is 11.6. The Hall–Kier alpha value is -0.953. The Kier molecular flexibility index (Phi) is 9.41. The summed E-state index contributed by atoms with van der Waals surface area (Å²) in [6.07, 6.45) is 13.6. The molecule has 2 fully saturated rings. The molecule has 0 aromatic heterocycles. The van der Waals surface area contributed by atoms with Crippen LogP contribution in [0.1, 0.15) is 72.6 Å². The molecular weight excluding hydrogens is 432 g/mol. The van der Waals surface area contributed by atoms with E-state index < -0.39 is 8.32 Å². The lowest BCUT2D eigenvalue weighted by Crippen LogP contribution is -2.44. The van der Waals surface area contributed by atoms with Crippen LogP contribution in [0.3, 0.4) is 0 Å². The Morgan fingerprint density at radius 1 is 1.27 bits per heavy atom. The van der Waals surface area contributed by atoms with Crippen molar-refractivity contribution >= 4 is 14.3 Å². The summed E-state index contributed by atoms with van der Waals surface area (Å²) in [4.78, 5) is 11.6. The number of rotatable bonds is 10. The lowest BCUT2D eigenvalue weighted by atomic mass is 9.90. The van der Waals surface area contributed by atoms with Crippen molar-refractivity contribution in [3.8, 4) is 0 Å². The monoisotopic (exact) mass is 478 g/mol. The Morgan fingerprint density at radius 3 is 2.73 bits per heavy atom. The maximum Gasteiger partial charge on any atom is 0.306 e. The Balaban J connectivity index is 1.62. The zero-order valence-corrected chi connectivity index (χ0v) is 22.7. The van der Waals surface area contributed by atoms with Crippen molar-refractivity contribution in [3.05, 3.63) is 23.8 Å². The molecule has 3 aliphatic rings. The van der Waals surface area contributed by atoms with E-state index in [0.717, 1.165) is 45.3 Å². The number of carbonyl (C=O) groups is 1. The molecule has 1 saturated heterocycles. The molecule has 5 atom stereocenters. The second-order valence-corrected chi connectivity index (χ2v) is 16.3. The van der Waals surface area contributed by atoms with Gasteiger partial charge in [0.2, 0.25) is 0 Å². The van der Waals surface area contributed by atoms with Gasteiger partial charge in [0.1, 0.15) is 0 Å². The number of esters is 1. The number of carbonyl (C=O) groups excluding carboxylic acids is 1. The van der Waals surface area contributed by atoms with Crippen LogP contribution in [0.5, 0.6) is 0 Å². The molecule has 0 aromatic carbocycles. The van der Waals surface area contributed by atoms with Crippen LogP contribution in [0.15, 0.2) is 23.8 Å². The SMILES string of the molecule is CCOC(=O)CCC=CC1=CC2CC(OC3CCCCO3)C(CO[Si](C)(C)C(C)(C)C)C2C1. The molecule has 188 valence electrons. The largest absolute Gasteiger partial charge is 0.466 e. The van der Waals surface area contributed by atoms with Crippen LogP contribution in [0.2, 0.25) is 18.1 Å². The van der Waals surface area contributed by atoms with Crippen LogP contribution in [0.25, 0.3) is 0 Å². The van der Waals surface area contributed by atoms with Crippen molar-refractivity contribution in [1.82, 2.24) is 0 Å². The highest BCUT2D eigenvalue weighted by atomic mass is 28.4. The summed E-state index contributed by atoms with van der Waals surface area (Å²) in [5, 5.41) is 0.203. The molecule has 0 bridgehead atoms. The van der Waals surface area contributed by atoms with E-state index in [1.54, 1.807) is 0 Å².